The van der Waals surface area contributed by atoms with E-state index in [9.17, 15) is 9.59 Å². The summed E-state index contributed by atoms with van der Waals surface area (Å²) in [5.41, 5.74) is 2.16. The molecule has 0 saturated heterocycles. The van der Waals surface area contributed by atoms with Crippen molar-refractivity contribution in [1.29, 1.82) is 0 Å². The van der Waals surface area contributed by atoms with Gasteiger partial charge in [0.05, 0.1) is 12.3 Å². The van der Waals surface area contributed by atoms with Gasteiger partial charge in [-0.2, -0.15) is 0 Å². The molecule has 0 spiro atoms. The number of amides is 1. The van der Waals surface area contributed by atoms with Crippen molar-refractivity contribution < 1.29 is 14.7 Å². The third kappa shape index (κ3) is 3.23. The van der Waals surface area contributed by atoms with Gasteiger partial charge in [0.2, 0.25) is 5.91 Å². The maximum absolute atomic E-state index is 12.3. The second-order valence-electron chi connectivity index (χ2n) is 6.25. The van der Waals surface area contributed by atoms with Crippen molar-refractivity contribution in [2.75, 3.05) is 0 Å². The van der Waals surface area contributed by atoms with Crippen molar-refractivity contribution in [2.24, 2.45) is 5.92 Å². The number of hydrogen-bond donors (Lipinski definition) is 2. The summed E-state index contributed by atoms with van der Waals surface area (Å²) in [6.07, 6.45) is 4.31. The Bertz CT molecular complexity index is 735. The molecule has 5 nitrogen and oxygen atoms in total. The Morgan fingerprint density at radius 3 is 2.78 bits per heavy atom. The van der Waals surface area contributed by atoms with E-state index in [0.29, 0.717) is 19.3 Å². The van der Waals surface area contributed by atoms with Crippen LogP contribution in [0.1, 0.15) is 31.7 Å². The summed E-state index contributed by atoms with van der Waals surface area (Å²) in [6.45, 7) is 2.95. The fourth-order valence-corrected chi connectivity index (χ4v) is 3.51. The molecule has 1 fully saturated rings. The minimum Gasteiger partial charge on any atom is -0.481 e. The van der Waals surface area contributed by atoms with Gasteiger partial charge in [-0.05, 0) is 37.8 Å². The SMILES string of the molecule is CCn1cc(CC(=O)N[C@@H]2CC[C@H](C(=O)O)C2)c2ccccc21. The molecule has 1 saturated carbocycles. The number of nitrogens with zero attached hydrogens (tertiary/aromatic N) is 1. The number of aliphatic carboxylic acids is 1. The van der Waals surface area contributed by atoms with E-state index < -0.39 is 5.97 Å². The van der Waals surface area contributed by atoms with E-state index in [1.54, 1.807) is 0 Å². The Morgan fingerprint density at radius 1 is 1.30 bits per heavy atom. The molecule has 0 radical (unpaired) electrons. The molecule has 2 aromatic rings. The summed E-state index contributed by atoms with van der Waals surface area (Å²) in [7, 11) is 0. The number of carboxylic acids is 1. The molecule has 23 heavy (non-hydrogen) atoms. The van der Waals surface area contributed by atoms with Gasteiger partial charge in [0.1, 0.15) is 0 Å². The summed E-state index contributed by atoms with van der Waals surface area (Å²) in [4.78, 5) is 23.3. The fraction of sp³-hybridized carbons (Fsp3) is 0.444. The van der Waals surface area contributed by atoms with Gasteiger partial charge >= 0.3 is 5.97 Å². The Labute approximate surface area is 135 Å². The molecule has 5 heteroatoms. The number of rotatable bonds is 5. The summed E-state index contributed by atoms with van der Waals surface area (Å²) in [5, 5.41) is 13.1. The first-order valence-corrected chi connectivity index (χ1v) is 8.17. The predicted octanol–water partition coefficient (Wildman–Crippen LogP) is 2.57. The minimum absolute atomic E-state index is 0.0110. The van der Waals surface area contributed by atoms with Crippen LogP contribution in [0.25, 0.3) is 10.9 Å². The maximum Gasteiger partial charge on any atom is 0.306 e. The smallest absolute Gasteiger partial charge is 0.306 e. The van der Waals surface area contributed by atoms with E-state index in [1.165, 1.54) is 0 Å². The molecule has 1 aliphatic rings. The van der Waals surface area contributed by atoms with Crippen molar-refractivity contribution in [1.82, 2.24) is 9.88 Å². The first-order valence-electron chi connectivity index (χ1n) is 8.17. The van der Waals surface area contributed by atoms with Crippen LogP contribution in [0.15, 0.2) is 30.5 Å². The zero-order valence-corrected chi connectivity index (χ0v) is 13.3. The van der Waals surface area contributed by atoms with Crippen LogP contribution in [0.4, 0.5) is 0 Å². The average Bonchev–Trinajstić information content (AvgIpc) is 3.13. The van der Waals surface area contributed by atoms with Crippen LogP contribution < -0.4 is 5.32 Å². The van der Waals surface area contributed by atoms with Crippen LogP contribution in [-0.2, 0) is 22.6 Å². The molecule has 2 N–H and O–H groups in total. The number of carbonyl (C=O) groups excluding carboxylic acids is 1. The van der Waals surface area contributed by atoms with Crippen LogP contribution in [0, 0.1) is 5.92 Å². The molecule has 1 amide bonds. The Morgan fingerprint density at radius 2 is 2.09 bits per heavy atom. The van der Waals surface area contributed by atoms with E-state index in [0.717, 1.165) is 29.4 Å². The molecule has 1 heterocycles. The number of nitrogens with one attached hydrogen (secondary N) is 1. The van der Waals surface area contributed by atoms with Crippen molar-refractivity contribution >= 4 is 22.8 Å². The lowest BCUT2D eigenvalue weighted by Gasteiger charge is -2.12. The molecule has 1 aromatic heterocycles. The number of aryl methyl sites for hydroxylation is 1. The highest BCUT2D eigenvalue weighted by molar-refractivity contribution is 5.89. The highest BCUT2D eigenvalue weighted by atomic mass is 16.4. The Hall–Kier alpha value is -2.30. The van der Waals surface area contributed by atoms with Crippen molar-refractivity contribution in [2.45, 2.75) is 45.2 Å². The van der Waals surface area contributed by atoms with Crippen molar-refractivity contribution in [3.05, 3.63) is 36.0 Å². The molecular weight excluding hydrogens is 292 g/mol. The monoisotopic (exact) mass is 314 g/mol. The van der Waals surface area contributed by atoms with Gasteiger partial charge in [0.25, 0.3) is 0 Å². The second-order valence-corrected chi connectivity index (χ2v) is 6.25. The molecule has 1 aliphatic carbocycles. The third-order valence-electron chi connectivity index (χ3n) is 4.71. The van der Waals surface area contributed by atoms with E-state index in [2.05, 4.69) is 22.9 Å². The summed E-state index contributed by atoms with van der Waals surface area (Å²) in [5.74, 6) is -1.10. The lowest BCUT2D eigenvalue weighted by molar-refractivity contribution is -0.141. The predicted molar refractivity (Wildman–Crippen MR) is 88.2 cm³/mol. The number of para-hydroxylation sites is 1. The molecular formula is C18H22N2O3. The molecule has 122 valence electrons. The quantitative estimate of drug-likeness (QED) is 0.891. The highest BCUT2D eigenvalue weighted by Gasteiger charge is 2.30. The number of fused-ring (bicyclic) bond motifs is 1. The standard InChI is InChI=1S/C18H22N2O3/c1-2-20-11-13(15-5-3-4-6-16(15)20)10-17(21)19-14-8-7-12(9-14)18(22)23/h3-6,11-12,14H,2,7-10H2,1H3,(H,19,21)(H,22,23)/t12-,14+/m0/s1. The lowest BCUT2D eigenvalue weighted by Crippen LogP contribution is -2.34. The van der Waals surface area contributed by atoms with E-state index in [-0.39, 0.29) is 17.9 Å². The van der Waals surface area contributed by atoms with Crippen LogP contribution in [0.5, 0.6) is 0 Å². The van der Waals surface area contributed by atoms with Crippen LogP contribution in [0.2, 0.25) is 0 Å². The minimum atomic E-state index is -0.757. The van der Waals surface area contributed by atoms with Gasteiger partial charge in [0.15, 0.2) is 0 Å². The number of benzene rings is 1. The zero-order valence-electron chi connectivity index (χ0n) is 13.3. The molecule has 1 aromatic carbocycles. The van der Waals surface area contributed by atoms with E-state index in [1.807, 2.05) is 24.4 Å². The zero-order chi connectivity index (χ0) is 16.4. The summed E-state index contributed by atoms with van der Waals surface area (Å²) < 4.78 is 2.15. The van der Waals surface area contributed by atoms with Gasteiger partial charge in [-0.15, -0.1) is 0 Å². The third-order valence-corrected chi connectivity index (χ3v) is 4.71. The number of aromatic nitrogens is 1. The Balaban J connectivity index is 1.68. The average molecular weight is 314 g/mol. The van der Waals surface area contributed by atoms with Crippen LogP contribution in [-0.4, -0.2) is 27.6 Å². The number of carboxylic acid groups (broad SMARTS) is 1. The van der Waals surface area contributed by atoms with Crippen LogP contribution >= 0.6 is 0 Å². The molecule has 0 bridgehead atoms. The molecule has 0 unspecified atom stereocenters. The number of carbonyl (C=O) groups is 2. The Kier molecular flexibility index (Phi) is 4.37. The largest absolute Gasteiger partial charge is 0.481 e. The summed E-state index contributed by atoms with van der Waals surface area (Å²) in [6, 6.07) is 8.08. The summed E-state index contributed by atoms with van der Waals surface area (Å²) >= 11 is 0. The van der Waals surface area contributed by atoms with Gasteiger partial charge in [-0.1, -0.05) is 18.2 Å². The van der Waals surface area contributed by atoms with Gasteiger partial charge in [-0.25, -0.2) is 0 Å². The molecule has 2 atom stereocenters. The van der Waals surface area contributed by atoms with Gasteiger partial charge in [0, 0.05) is 29.7 Å². The van der Waals surface area contributed by atoms with Crippen LogP contribution in [0.3, 0.4) is 0 Å². The van der Waals surface area contributed by atoms with E-state index >= 15 is 0 Å². The van der Waals surface area contributed by atoms with Crippen molar-refractivity contribution in [3.63, 3.8) is 0 Å². The number of hydrogen-bond acceptors (Lipinski definition) is 2. The molecule has 3 rings (SSSR count). The fourth-order valence-electron chi connectivity index (χ4n) is 3.51. The first kappa shape index (κ1) is 15.6. The lowest BCUT2D eigenvalue weighted by atomic mass is 10.1. The van der Waals surface area contributed by atoms with E-state index in [4.69, 9.17) is 5.11 Å². The second kappa shape index (κ2) is 6.44. The van der Waals surface area contributed by atoms with Crippen molar-refractivity contribution in [3.8, 4) is 0 Å². The van der Waals surface area contributed by atoms with Gasteiger partial charge < -0.3 is 15.0 Å². The molecule has 0 aliphatic heterocycles. The normalized spacial score (nSPS) is 20.7. The highest BCUT2D eigenvalue weighted by Crippen LogP contribution is 2.26. The maximum atomic E-state index is 12.3. The van der Waals surface area contributed by atoms with Gasteiger partial charge in [-0.3, -0.25) is 9.59 Å². The first-order chi connectivity index (χ1) is 11.1. The topological polar surface area (TPSA) is 71.3 Å².